The Morgan fingerprint density at radius 2 is 1.75 bits per heavy atom. The predicted octanol–water partition coefficient (Wildman–Crippen LogP) is 3.39. The largest absolute Gasteiger partial charge is 0.496 e. The molecular weight excluding hydrogens is 527 g/mol. The number of nitrogens with zero attached hydrogens (tertiary/aromatic N) is 2. The maximum Gasteiger partial charge on any atom is 0.407 e. The zero-order valence-electron chi connectivity index (χ0n) is 20.1. The third-order valence-corrected chi connectivity index (χ3v) is 4.73. The number of benzene rings is 1. The molecule has 0 aromatic heterocycles. The van der Waals surface area contributed by atoms with Crippen molar-refractivity contribution in [3.05, 3.63) is 17.7 Å². The van der Waals surface area contributed by atoms with Gasteiger partial charge in [0.1, 0.15) is 11.4 Å². The molecule has 182 valence electrons. The van der Waals surface area contributed by atoms with Crippen molar-refractivity contribution in [2.75, 3.05) is 41.0 Å². The SMILES string of the molecule is CCNC(=NCc1cc(OC)c(OC)cc1OC)N1CCC(NC(=O)OC(C)(C)C)C1.I. The fourth-order valence-corrected chi connectivity index (χ4v) is 3.35. The maximum atomic E-state index is 12.1. The van der Waals surface area contributed by atoms with Crippen LogP contribution < -0.4 is 24.8 Å². The summed E-state index contributed by atoms with van der Waals surface area (Å²) in [5.74, 6) is 2.70. The molecule has 9 nitrogen and oxygen atoms in total. The smallest absolute Gasteiger partial charge is 0.407 e. The molecular formula is C22H37IN4O5. The quantitative estimate of drug-likeness (QED) is 0.298. The molecule has 1 aromatic rings. The van der Waals surface area contributed by atoms with E-state index in [1.165, 1.54) is 0 Å². The monoisotopic (exact) mass is 564 g/mol. The van der Waals surface area contributed by atoms with Crippen LogP contribution in [0.15, 0.2) is 17.1 Å². The lowest BCUT2D eigenvalue weighted by Gasteiger charge is -2.23. The van der Waals surface area contributed by atoms with Crippen molar-refractivity contribution in [2.45, 2.75) is 52.3 Å². The average Bonchev–Trinajstić information content (AvgIpc) is 3.16. The predicted molar refractivity (Wildman–Crippen MR) is 136 cm³/mol. The van der Waals surface area contributed by atoms with Crippen LogP contribution in [0.4, 0.5) is 4.79 Å². The van der Waals surface area contributed by atoms with E-state index in [2.05, 4.69) is 15.5 Å². The van der Waals surface area contributed by atoms with E-state index in [1.54, 1.807) is 27.4 Å². The molecule has 0 saturated carbocycles. The van der Waals surface area contributed by atoms with Crippen LogP contribution in [-0.4, -0.2) is 69.6 Å². The minimum atomic E-state index is -0.517. The van der Waals surface area contributed by atoms with Gasteiger partial charge in [0.15, 0.2) is 17.5 Å². The molecule has 2 N–H and O–H groups in total. The molecule has 0 bridgehead atoms. The molecule has 1 heterocycles. The molecule has 1 unspecified atom stereocenters. The molecule has 1 atom stereocenters. The number of alkyl carbamates (subject to hydrolysis) is 1. The van der Waals surface area contributed by atoms with E-state index in [1.807, 2.05) is 33.8 Å². The highest BCUT2D eigenvalue weighted by Gasteiger charge is 2.28. The normalized spacial score (nSPS) is 16.2. The lowest BCUT2D eigenvalue weighted by Crippen LogP contribution is -2.44. The summed E-state index contributed by atoms with van der Waals surface area (Å²) in [6, 6.07) is 3.68. The van der Waals surface area contributed by atoms with Gasteiger partial charge in [-0.1, -0.05) is 0 Å². The van der Waals surface area contributed by atoms with Crippen LogP contribution in [0.25, 0.3) is 0 Å². The third kappa shape index (κ3) is 8.10. The van der Waals surface area contributed by atoms with E-state index in [-0.39, 0.29) is 30.0 Å². The second kappa shape index (κ2) is 12.8. The zero-order valence-corrected chi connectivity index (χ0v) is 22.4. The Morgan fingerprint density at radius 3 is 2.31 bits per heavy atom. The summed E-state index contributed by atoms with van der Waals surface area (Å²) < 4.78 is 21.6. The summed E-state index contributed by atoms with van der Waals surface area (Å²) >= 11 is 0. The Hall–Kier alpha value is -2.11. The van der Waals surface area contributed by atoms with Gasteiger partial charge in [0.25, 0.3) is 0 Å². The van der Waals surface area contributed by atoms with Crippen molar-refractivity contribution < 1.29 is 23.7 Å². The third-order valence-electron chi connectivity index (χ3n) is 4.73. The number of amides is 1. The van der Waals surface area contributed by atoms with Crippen molar-refractivity contribution in [1.82, 2.24) is 15.5 Å². The Balaban J connectivity index is 0.00000512. The topological polar surface area (TPSA) is 93.7 Å². The van der Waals surface area contributed by atoms with Crippen molar-refractivity contribution in [3.63, 3.8) is 0 Å². The molecule has 0 radical (unpaired) electrons. The fraction of sp³-hybridized carbons (Fsp3) is 0.636. The summed E-state index contributed by atoms with van der Waals surface area (Å²) in [6.07, 6.45) is 0.430. The van der Waals surface area contributed by atoms with E-state index in [9.17, 15) is 4.79 Å². The number of hydrogen-bond acceptors (Lipinski definition) is 6. The minimum Gasteiger partial charge on any atom is -0.496 e. The van der Waals surface area contributed by atoms with Gasteiger partial charge in [-0.15, -0.1) is 24.0 Å². The summed E-state index contributed by atoms with van der Waals surface area (Å²) in [5.41, 5.74) is 0.371. The number of rotatable bonds is 7. The summed E-state index contributed by atoms with van der Waals surface area (Å²) in [7, 11) is 4.81. The van der Waals surface area contributed by atoms with Gasteiger partial charge in [-0.05, 0) is 40.2 Å². The van der Waals surface area contributed by atoms with Crippen LogP contribution in [0.5, 0.6) is 17.2 Å². The standard InChI is InChI=1S/C22H36N4O5.HI/c1-8-23-20(26-10-9-16(14-26)25-21(27)31-22(2,3)4)24-13-15-11-18(29-6)19(30-7)12-17(15)28-5;/h11-12,16H,8-10,13-14H2,1-7H3,(H,23,24)(H,25,27);1H. The zero-order chi connectivity index (χ0) is 23.0. The van der Waals surface area contributed by atoms with E-state index >= 15 is 0 Å². The first-order chi connectivity index (χ1) is 14.7. The molecule has 10 heteroatoms. The Bertz CT molecular complexity index is 782. The number of likely N-dealkylation sites (tertiary alicyclic amines) is 1. The van der Waals surface area contributed by atoms with Gasteiger partial charge in [-0.2, -0.15) is 0 Å². The number of carbonyl (C=O) groups is 1. The first kappa shape index (κ1) is 27.9. The summed E-state index contributed by atoms with van der Waals surface area (Å²) in [6.45, 7) is 10.2. The number of aliphatic imine (C=N–C) groups is 1. The van der Waals surface area contributed by atoms with Crippen molar-refractivity contribution >= 4 is 36.0 Å². The number of ether oxygens (including phenoxy) is 4. The lowest BCUT2D eigenvalue weighted by molar-refractivity contribution is 0.0507. The number of hydrogen-bond donors (Lipinski definition) is 2. The van der Waals surface area contributed by atoms with Gasteiger partial charge in [0.05, 0.1) is 33.9 Å². The van der Waals surface area contributed by atoms with Crippen molar-refractivity contribution in [2.24, 2.45) is 4.99 Å². The van der Waals surface area contributed by atoms with Crippen molar-refractivity contribution in [1.29, 1.82) is 0 Å². The first-order valence-electron chi connectivity index (χ1n) is 10.5. The number of nitrogens with one attached hydrogen (secondary N) is 2. The second-order valence-electron chi connectivity index (χ2n) is 8.27. The molecule has 32 heavy (non-hydrogen) atoms. The molecule has 0 aliphatic carbocycles. The Kier molecular flexibility index (Phi) is 11.2. The van der Waals surface area contributed by atoms with Crippen LogP contribution >= 0.6 is 24.0 Å². The molecule has 1 aliphatic rings. The van der Waals surface area contributed by atoms with Crippen LogP contribution in [0.3, 0.4) is 0 Å². The van der Waals surface area contributed by atoms with E-state index in [0.29, 0.717) is 30.3 Å². The van der Waals surface area contributed by atoms with Gasteiger partial charge in [-0.25, -0.2) is 9.79 Å². The molecule has 1 fully saturated rings. The number of carbonyl (C=O) groups excluding carboxylic acids is 1. The Labute approximate surface area is 208 Å². The van der Waals surface area contributed by atoms with E-state index in [4.69, 9.17) is 23.9 Å². The van der Waals surface area contributed by atoms with E-state index < -0.39 is 11.7 Å². The van der Waals surface area contributed by atoms with E-state index in [0.717, 1.165) is 31.0 Å². The molecule has 0 spiro atoms. The average molecular weight is 564 g/mol. The summed E-state index contributed by atoms with van der Waals surface area (Å²) in [5, 5.41) is 6.28. The van der Waals surface area contributed by atoms with Crippen LogP contribution in [-0.2, 0) is 11.3 Å². The van der Waals surface area contributed by atoms with Crippen molar-refractivity contribution in [3.8, 4) is 17.2 Å². The molecule has 1 aliphatic heterocycles. The maximum absolute atomic E-state index is 12.1. The van der Waals surface area contributed by atoms with Gasteiger partial charge >= 0.3 is 6.09 Å². The molecule has 1 amide bonds. The molecule has 1 saturated heterocycles. The van der Waals surface area contributed by atoms with Gasteiger partial charge < -0.3 is 34.5 Å². The second-order valence-corrected chi connectivity index (χ2v) is 8.27. The lowest BCUT2D eigenvalue weighted by atomic mass is 10.1. The number of methoxy groups -OCH3 is 3. The molecule has 2 rings (SSSR count). The highest BCUT2D eigenvalue weighted by molar-refractivity contribution is 14.0. The number of halogens is 1. The minimum absolute atomic E-state index is 0. The van der Waals surface area contributed by atoms with Gasteiger partial charge in [0.2, 0.25) is 0 Å². The van der Waals surface area contributed by atoms with Gasteiger partial charge in [0, 0.05) is 31.3 Å². The highest BCUT2D eigenvalue weighted by atomic mass is 127. The number of guanidine groups is 1. The Morgan fingerprint density at radius 1 is 1.12 bits per heavy atom. The first-order valence-corrected chi connectivity index (χ1v) is 10.5. The highest BCUT2D eigenvalue weighted by Crippen LogP contribution is 2.35. The van der Waals surface area contributed by atoms with Gasteiger partial charge in [-0.3, -0.25) is 0 Å². The van der Waals surface area contributed by atoms with Crippen LogP contribution in [0.2, 0.25) is 0 Å². The van der Waals surface area contributed by atoms with Crippen LogP contribution in [0, 0.1) is 0 Å². The molecule has 1 aromatic carbocycles. The van der Waals surface area contributed by atoms with Crippen LogP contribution in [0.1, 0.15) is 39.7 Å². The fourth-order valence-electron chi connectivity index (χ4n) is 3.35. The summed E-state index contributed by atoms with van der Waals surface area (Å²) in [4.78, 5) is 19.0.